The third-order valence-corrected chi connectivity index (χ3v) is 2.78. The molecule has 7 heteroatoms. The monoisotopic (exact) mass is 366 g/mol. The van der Waals surface area contributed by atoms with E-state index >= 15 is 0 Å². The summed E-state index contributed by atoms with van der Waals surface area (Å²) in [4.78, 5) is 8.29. The molecule has 0 aromatic carbocycles. The van der Waals surface area contributed by atoms with Crippen molar-refractivity contribution in [2.45, 2.75) is 13.8 Å². The van der Waals surface area contributed by atoms with Crippen molar-refractivity contribution < 1.29 is 0 Å². The predicted molar refractivity (Wildman–Crippen MR) is 76.5 cm³/mol. The lowest BCUT2D eigenvalue weighted by Gasteiger charge is -2.12. The van der Waals surface area contributed by atoms with Gasteiger partial charge in [0.05, 0.1) is 6.20 Å². The van der Waals surface area contributed by atoms with Crippen LogP contribution in [0.1, 0.15) is 13.8 Å². The lowest BCUT2D eigenvalue weighted by molar-refractivity contribution is 0.627. The van der Waals surface area contributed by atoms with Gasteiger partial charge in [0.25, 0.3) is 0 Å². The van der Waals surface area contributed by atoms with Gasteiger partial charge >= 0.3 is 0 Å². The second-order valence-corrected chi connectivity index (χ2v) is 5.53. The van der Waals surface area contributed by atoms with Gasteiger partial charge in [-0.25, -0.2) is 9.97 Å². The number of thiocarbonyl (C=S) groups is 1. The molecule has 4 nitrogen and oxygen atoms in total. The predicted octanol–water partition coefficient (Wildman–Crippen LogP) is 2.94. The minimum Gasteiger partial charge on any atom is -0.362 e. The number of anilines is 1. The minimum atomic E-state index is 0.541. The first-order valence-corrected chi connectivity index (χ1v) is 6.71. The number of hydrogen-bond acceptors (Lipinski definition) is 3. The van der Waals surface area contributed by atoms with Crippen LogP contribution in [-0.2, 0) is 0 Å². The van der Waals surface area contributed by atoms with Crippen molar-refractivity contribution in [3.05, 3.63) is 15.4 Å². The first-order chi connectivity index (χ1) is 7.49. The van der Waals surface area contributed by atoms with Gasteiger partial charge in [0.2, 0.25) is 0 Å². The molecule has 0 fully saturated rings. The molecule has 1 aromatic heterocycles. The molecule has 1 aromatic rings. The van der Waals surface area contributed by atoms with E-state index < -0.39 is 0 Å². The molecule has 0 radical (unpaired) electrons. The fourth-order valence-corrected chi connectivity index (χ4v) is 1.97. The number of nitrogens with one attached hydrogen (secondary N) is 2. The molecule has 1 rings (SSSR count). The van der Waals surface area contributed by atoms with E-state index in [9.17, 15) is 0 Å². The average Bonchev–Trinajstić information content (AvgIpc) is 2.19. The van der Waals surface area contributed by atoms with Gasteiger partial charge in [-0.2, -0.15) is 0 Å². The molecule has 0 unspecified atom stereocenters. The average molecular weight is 368 g/mol. The normalized spacial score (nSPS) is 10.3. The van der Waals surface area contributed by atoms with Gasteiger partial charge in [-0.1, -0.05) is 13.8 Å². The van der Waals surface area contributed by atoms with Crippen LogP contribution in [0.25, 0.3) is 0 Å². The van der Waals surface area contributed by atoms with Crippen LogP contribution in [-0.4, -0.2) is 21.6 Å². The molecule has 88 valence electrons. The smallest absolute Gasteiger partial charge is 0.172 e. The summed E-state index contributed by atoms with van der Waals surface area (Å²) in [5.41, 5.74) is 0. The van der Waals surface area contributed by atoms with E-state index in [1.54, 1.807) is 6.20 Å². The zero-order valence-electron chi connectivity index (χ0n) is 8.92. The number of aromatic nitrogens is 2. The van der Waals surface area contributed by atoms with Crippen LogP contribution in [0.3, 0.4) is 0 Å². The van der Waals surface area contributed by atoms with Crippen molar-refractivity contribution in [1.29, 1.82) is 0 Å². The summed E-state index contributed by atoms with van der Waals surface area (Å²) >= 11 is 11.7. The standard InChI is InChI=1S/C9H12Br2N4S/c1-5(2)3-13-9(16)15-8-7(11)14-6(10)4-12-8/h4-5H,3H2,1-2H3,(H2,12,13,15,16). The Labute approximate surface area is 117 Å². The van der Waals surface area contributed by atoms with E-state index in [1.165, 1.54) is 0 Å². The zero-order chi connectivity index (χ0) is 12.1. The second-order valence-electron chi connectivity index (χ2n) is 3.56. The third kappa shape index (κ3) is 4.71. The topological polar surface area (TPSA) is 49.8 Å². The molecule has 0 saturated carbocycles. The van der Waals surface area contributed by atoms with E-state index in [-0.39, 0.29) is 0 Å². The van der Waals surface area contributed by atoms with Crippen LogP contribution >= 0.6 is 44.1 Å². The Bertz CT molecular complexity index is 384. The van der Waals surface area contributed by atoms with Gasteiger partial charge in [-0.15, -0.1) is 0 Å². The number of halogens is 2. The molecular formula is C9H12Br2N4S. The largest absolute Gasteiger partial charge is 0.362 e. The van der Waals surface area contributed by atoms with Crippen molar-refractivity contribution in [2.24, 2.45) is 5.92 Å². The Morgan fingerprint density at radius 2 is 2.19 bits per heavy atom. The summed E-state index contributed by atoms with van der Waals surface area (Å²) in [6, 6.07) is 0. The molecule has 0 amide bonds. The van der Waals surface area contributed by atoms with E-state index in [0.29, 0.717) is 26.1 Å². The zero-order valence-corrected chi connectivity index (χ0v) is 12.9. The maximum absolute atomic E-state index is 5.12. The molecule has 0 saturated heterocycles. The lowest BCUT2D eigenvalue weighted by Crippen LogP contribution is -2.31. The summed E-state index contributed by atoms with van der Waals surface area (Å²) in [5, 5.41) is 6.61. The maximum atomic E-state index is 5.12. The number of nitrogens with zero attached hydrogens (tertiary/aromatic N) is 2. The van der Waals surface area contributed by atoms with Crippen molar-refractivity contribution in [2.75, 3.05) is 11.9 Å². The lowest BCUT2D eigenvalue weighted by atomic mass is 10.2. The molecule has 0 aliphatic rings. The molecule has 0 aliphatic heterocycles. The van der Waals surface area contributed by atoms with Gasteiger partial charge in [0, 0.05) is 6.54 Å². The minimum absolute atomic E-state index is 0.541. The maximum Gasteiger partial charge on any atom is 0.172 e. The van der Waals surface area contributed by atoms with Crippen molar-refractivity contribution >= 4 is 55.0 Å². The SMILES string of the molecule is CC(C)CNC(=S)Nc1ncc(Br)nc1Br. The van der Waals surface area contributed by atoms with Crippen LogP contribution in [0.2, 0.25) is 0 Å². The van der Waals surface area contributed by atoms with Crippen molar-refractivity contribution in [1.82, 2.24) is 15.3 Å². The Balaban J connectivity index is 2.56. The van der Waals surface area contributed by atoms with E-state index in [1.807, 2.05) is 0 Å². The van der Waals surface area contributed by atoms with Crippen LogP contribution < -0.4 is 10.6 Å². The molecule has 2 N–H and O–H groups in total. The molecule has 0 aliphatic carbocycles. The van der Waals surface area contributed by atoms with Gasteiger partial charge in [0.1, 0.15) is 9.21 Å². The van der Waals surface area contributed by atoms with Gasteiger partial charge in [-0.05, 0) is 50.0 Å². The highest BCUT2D eigenvalue weighted by Gasteiger charge is 2.05. The quantitative estimate of drug-likeness (QED) is 0.804. The third-order valence-electron chi connectivity index (χ3n) is 1.60. The fraction of sp³-hybridized carbons (Fsp3) is 0.444. The van der Waals surface area contributed by atoms with Gasteiger partial charge in [0.15, 0.2) is 10.9 Å². The molecule has 0 bridgehead atoms. The Morgan fingerprint density at radius 1 is 1.50 bits per heavy atom. The molecular weight excluding hydrogens is 356 g/mol. The first-order valence-electron chi connectivity index (χ1n) is 4.72. The summed E-state index contributed by atoms with van der Waals surface area (Å²) in [7, 11) is 0. The van der Waals surface area contributed by atoms with Crippen molar-refractivity contribution in [3.63, 3.8) is 0 Å². The fourth-order valence-electron chi connectivity index (χ4n) is 0.879. The summed E-state index contributed by atoms with van der Waals surface area (Å²) in [5.74, 6) is 1.14. The number of hydrogen-bond donors (Lipinski definition) is 2. The number of rotatable bonds is 3. The summed E-state index contributed by atoms with van der Waals surface area (Å²) in [6.07, 6.45) is 1.61. The molecule has 16 heavy (non-hydrogen) atoms. The highest BCUT2D eigenvalue weighted by Crippen LogP contribution is 2.18. The van der Waals surface area contributed by atoms with Crippen LogP contribution in [0, 0.1) is 5.92 Å². The summed E-state index contributed by atoms with van der Waals surface area (Å²) in [6.45, 7) is 5.06. The second kappa shape index (κ2) is 6.46. The van der Waals surface area contributed by atoms with Gasteiger partial charge < -0.3 is 10.6 Å². The van der Waals surface area contributed by atoms with E-state index in [0.717, 1.165) is 6.54 Å². The first kappa shape index (κ1) is 13.8. The Kier molecular flexibility index (Phi) is 5.57. The van der Waals surface area contributed by atoms with Crippen LogP contribution in [0.15, 0.2) is 15.4 Å². The highest BCUT2D eigenvalue weighted by atomic mass is 79.9. The molecule has 0 atom stereocenters. The van der Waals surface area contributed by atoms with Crippen molar-refractivity contribution in [3.8, 4) is 0 Å². The summed E-state index contributed by atoms with van der Waals surface area (Å²) < 4.78 is 1.29. The molecule has 1 heterocycles. The Morgan fingerprint density at radius 3 is 2.75 bits per heavy atom. The molecule has 0 spiro atoms. The van der Waals surface area contributed by atoms with E-state index in [2.05, 4.69) is 66.3 Å². The van der Waals surface area contributed by atoms with E-state index in [4.69, 9.17) is 12.2 Å². The van der Waals surface area contributed by atoms with Crippen LogP contribution in [0.4, 0.5) is 5.82 Å². The highest BCUT2D eigenvalue weighted by molar-refractivity contribution is 9.11. The van der Waals surface area contributed by atoms with Crippen LogP contribution in [0.5, 0.6) is 0 Å². The Hall–Kier alpha value is -0.270. The van der Waals surface area contributed by atoms with Gasteiger partial charge in [-0.3, -0.25) is 0 Å².